The molecule has 4 heterocycles. The Labute approximate surface area is 149 Å². The number of imidazole rings is 1. The second kappa shape index (κ2) is 6.55. The summed E-state index contributed by atoms with van der Waals surface area (Å²) in [6.07, 6.45) is 5.29. The maximum atomic E-state index is 13.0. The lowest BCUT2D eigenvalue weighted by Gasteiger charge is -2.36. The van der Waals surface area contributed by atoms with Crippen LogP contribution in [0.1, 0.15) is 18.4 Å². The second-order valence-electron chi connectivity index (χ2n) is 7.21. The number of nitrogens with zero attached hydrogens (tertiary/aromatic N) is 4. The quantitative estimate of drug-likeness (QED) is 0.833. The first-order chi connectivity index (χ1) is 12.0. The summed E-state index contributed by atoms with van der Waals surface area (Å²) >= 11 is 0. The zero-order valence-electron chi connectivity index (χ0n) is 14.5. The Morgan fingerprint density at radius 1 is 1.12 bits per heavy atom. The van der Waals surface area contributed by atoms with Crippen LogP contribution in [0.25, 0.3) is 0 Å². The number of rotatable bonds is 4. The van der Waals surface area contributed by atoms with Gasteiger partial charge in [-0.25, -0.2) is 13.4 Å². The molecule has 3 fully saturated rings. The Kier molecular flexibility index (Phi) is 4.39. The fourth-order valence-electron chi connectivity index (χ4n) is 4.00. The van der Waals surface area contributed by atoms with Gasteiger partial charge in [0.2, 0.25) is 0 Å². The van der Waals surface area contributed by atoms with Crippen molar-refractivity contribution in [3.05, 3.63) is 48.4 Å². The van der Waals surface area contributed by atoms with Gasteiger partial charge in [0.05, 0.1) is 6.33 Å². The summed E-state index contributed by atoms with van der Waals surface area (Å²) in [5.41, 5.74) is 1.29. The van der Waals surface area contributed by atoms with Gasteiger partial charge < -0.3 is 4.57 Å². The first-order valence-corrected chi connectivity index (χ1v) is 10.2. The summed E-state index contributed by atoms with van der Waals surface area (Å²) in [5, 5.41) is 0.158. The number of benzene rings is 1. The van der Waals surface area contributed by atoms with E-state index in [4.69, 9.17) is 0 Å². The average Bonchev–Trinajstić information content (AvgIpc) is 2.84. The largest absolute Gasteiger partial charge is 0.339 e. The Bertz CT molecular complexity index is 834. The molecule has 0 radical (unpaired) electrons. The highest BCUT2D eigenvalue weighted by Gasteiger charge is 2.40. The molecule has 6 nitrogen and oxygen atoms in total. The highest BCUT2D eigenvalue weighted by molar-refractivity contribution is 7.89. The average molecular weight is 360 g/mol. The fourth-order valence-corrected chi connectivity index (χ4v) is 5.52. The molecular weight excluding hydrogens is 336 g/mol. The minimum atomic E-state index is -3.51. The van der Waals surface area contributed by atoms with Crippen LogP contribution in [0.3, 0.4) is 0 Å². The Hall–Kier alpha value is -1.70. The van der Waals surface area contributed by atoms with E-state index in [1.165, 1.54) is 5.56 Å². The smallest absolute Gasteiger partial charge is 0.262 e. The van der Waals surface area contributed by atoms with Crippen molar-refractivity contribution in [3.63, 3.8) is 0 Å². The van der Waals surface area contributed by atoms with Crippen molar-refractivity contribution in [2.24, 2.45) is 13.0 Å². The third-order valence-corrected chi connectivity index (χ3v) is 7.02. The monoisotopic (exact) mass is 360 g/mol. The molecule has 7 heteroatoms. The molecule has 2 aromatic rings. The molecule has 1 aromatic carbocycles. The summed E-state index contributed by atoms with van der Waals surface area (Å²) in [7, 11) is -1.72. The summed E-state index contributed by atoms with van der Waals surface area (Å²) in [6.45, 7) is 3.01. The Morgan fingerprint density at radius 3 is 2.64 bits per heavy atom. The van der Waals surface area contributed by atoms with E-state index in [9.17, 15) is 8.42 Å². The van der Waals surface area contributed by atoms with Crippen LogP contribution in [0, 0.1) is 5.92 Å². The van der Waals surface area contributed by atoms with Gasteiger partial charge in [-0.3, -0.25) is 4.90 Å². The molecule has 3 aliphatic rings. The van der Waals surface area contributed by atoms with Crippen molar-refractivity contribution in [1.29, 1.82) is 0 Å². The maximum absolute atomic E-state index is 13.0. The van der Waals surface area contributed by atoms with Gasteiger partial charge in [0.15, 0.2) is 5.03 Å². The molecule has 0 N–H and O–H groups in total. The van der Waals surface area contributed by atoms with E-state index in [0.717, 1.165) is 25.9 Å². The van der Waals surface area contributed by atoms with E-state index in [2.05, 4.69) is 34.1 Å². The number of aryl methyl sites for hydroxylation is 1. The molecule has 1 aromatic heterocycles. The van der Waals surface area contributed by atoms with Crippen molar-refractivity contribution in [2.45, 2.75) is 30.5 Å². The minimum absolute atomic E-state index is 0.158. The molecule has 0 saturated carbocycles. The van der Waals surface area contributed by atoms with Crippen LogP contribution in [0.15, 0.2) is 47.9 Å². The van der Waals surface area contributed by atoms with Crippen molar-refractivity contribution in [3.8, 4) is 0 Å². The molecule has 134 valence electrons. The van der Waals surface area contributed by atoms with E-state index in [1.807, 2.05) is 6.07 Å². The van der Waals surface area contributed by atoms with Crippen LogP contribution in [0.2, 0.25) is 0 Å². The van der Waals surface area contributed by atoms with Crippen LogP contribution in [0.5, 0.6) is 0 Å². The van der Waals surface area contributed by atoms with Crippen LogP contribution < -0.4 is 0 Å². The predicted octanol–water partition coefficient (Wildman–Crippen LogP) is 1.71. The molecular formula is C18H24N4O2S. The van der Waals surface area contributed by atoms with Gasteiger partial charge in [-0.1, -0.05) is 30.3 Å². The van der Waals surface area contributed by atoms with Gasteiger partial charge in [-0.15, -0.1) is 0 Å². The first-order valence-electron chi connectivity index (χ1n) is 8.78. The number of piperidine rings is 1. The number of sulfonamides is 1. The second-order valence-corrected chi connectivity index (χ2v) is 9.10. The summed E-state index contributed by atoms with van der Waals surface area (Å²) in [5.74, 6) is 0.390. The van der Waals surface area contributed by atoms with Gasteiger partial charge in [0, 0.05) is 45.5 Å². The lowest BCUT2D eigenvalue weighted by Crippen LogP contribution is -2.43. The van der Waals surface area contributed by atoms with Crippen LogP contribution in [0.4, 0.5) is 0 Å². The van der Waals surface area contributed by atoms with Crippen molar-refractivity contribution in [2.75, 3.05) is 19.6 Å². The van der Waals surface area contributed by atoms with Crippen LogP contribution >= 0.6 is 0 Å². The number of hydrogen-bond acceptors (Lipinski definition) is 4. The van der Waals surface area contributed by atoms with Crippen molar-refractivity contribution < 1.29 is 8.42 Å². The lowest BCUT2D eigenvalue weighted by molar-refractivity contribution is 0.125. The Balaban J connectivity index is 1.55. The number of fused-ring (bicyclic) bond motifs is 4. The number of hydrogen-bond donors (Lipinski definition) is 0. The highest BCUT2D eigenvalue weighted by Crippen LogP contribution is 2.31. The van der Waals surface area contributed by atoms with Crippen LogP contribution in [-0.2, 0) is 23.6 Å². The SMILES string of the molecule is Cn1cnc(S(=O)(=O)N2C[C@H]3CC[C@@H](C2)N(Cc2ccccc2)C3)c1. The van der Waals surface area contributed by atoms with E-state index in [0.29, 0.717) is 19.0 Å². The van der Waals surface area contributed by atoms with Gasteiger partial charge in [0.25, 0.3) is 10.0 Å². The molecule has 3 saturated heterocycles. The molecule has 0 spiro atoms. The number of aromatic nitrogens is 2. The summed E-state index contributed by atoms with van der Waals surface area (Å²) in [6, 6.07) is 10.7. The van der Waals surface area contributed by atoms with E-state index < -0.39 is 10.0 Å². The molecule has 2 bridgehead atoms. The first kappa shape index (κ1) is 16.8. The zero-order chi connectivity index (χ0) is 17.4. The molecule has 25 heavy (non-hydrogen) atoms. The molecule has 5 rings (SSSR count). The predicted molar refractivity (Wildman–Crippen MR) is 95.3 cm³/mol. The zero-order valence-corrected chi connectivity index (χ0v) is 15.3. The molecule has 3 aliphatic heterocycles. The van der Waals surface area contributed by atoms with Crippen molar-refractivity contribution >= 4 is 10.0 Å². The summed E-state index contributed by atoms with van der Waals surface area (Å²) < 4.78 is 29.3. The van der Waals surface area contributed by atoms with E-state index in [1.54, 1.807) is 28.4 Å². The van der Waals surface area contributed by atoms with Crippen LogP contribution in [-0.4, -0.2) is 52.9 Å². The third kappa shape index (κ3) is 3.36. The third-order valence-electron chi connectivity index (χ3n) is 5.31. The molecule has 0 unspecified atom stereocenters. The van der Waals surface area contributed by atoms with Crippen molar-refractivity contribution in [1.82, 2.24) is 18.8 Å². The van der Waals surface area contributed by atoms with Gasteiger partial charge >= 0.3 is 0 Å². The maximum Gasteiger partial charge on any atom is 0.262 e. The fraction of sp³-hybridized carbons (Fsp3) is 0.500. The van der Waals surface area contributed by atoms with Gasteiger partial charge in [0.1, 0.15) is 0 Å². The molecule has 0 aliphatic carbocycles. The van der Waals surface area contributed by atoms with E-state index in [-0.39, 0.29) is 11.1 Å². The topological polar surface area (TPSA) is 58.4 Å². The lowest BCUT2D eigenvalue weighted by atomic mass is 9.94. The molecule has 2 atom stereocenters. The van der Waals surface area contributed by atoms with E-state index >= 15 is 0 Å². The minimum Gasteiger partial charge on any atom is -0.339 e. The molecule has 0 amide bonds. The Morgan fingerprint density at radius 2 is 1.92 bits per heavy atom. The highest BCUT2D eigenvalue weighted by atomic mass is 32.2. The van der Waals surface area contributed by atoms with Gasteiger partial charge in [-0.05, 0) is 24.3 Å². The standard InChI is InChI=1S/C18H24N4O2S/c1-20-13-18(19-14-20)25(23,24)22-11-16-7-8-17(12-22)21(10-16)9-15-5-3-2-4-6-15/h2-6,13-14,16-17H,7-12H2,1H3/t16-,17-/m0/s1. The summed E-state index contributed by atoms with van der Waals surface area (Å²) in [4.78, 5) is 6.53. The van der Waals surface area contributed by atoms with Gasteiger partial charge in [-0.2, -0.15) is 4.31 Å². The normalized spacial score (nSPS) is 25.2.